The maximum atomic E-state index is 6.33. The van der Waals surface area contributed by atoms with Gasteiger partial charge in [-0.2, -0.15) is 0 Å². The summed E-state index contributed by atoms with van der Waals surface area (Å²) in [5.41, 5.74) is 4.78. The number of aryl methyl sites for hydroxylation is 1. The van der Waals surface area contributed by atoms with Gasteiger partial charge < -0.3 is 9.47 Å². The van der Waals surface area contributed by atoms with Crippen LogP contribution in [0, 0.1) is 6.92 Å². The normalized spacial score (nSPS) is 13.6. The van der Waals surface area contributed by atoms with Crippen LogP contribution in [0.15, 0.2) is 71.7 Å². The molecule has 0 aliphatic heterocycles. The van der Waals surface area contributed by atoms with Crippen LogP contribution in [0.3, 0.4) is 0 Å². The van der Waals surface area contributed by atoms with E-state index in [-0.39, 0.29) is 5.16 Å². The SMILES string of the molecule is CCC(C)(Pc1ccc(C)cc1C=NC)c1cc(OC)ccc1OCc1ccccc1. The Bertz CT molecular complexity index is 1030. The highest BCUT2D eigenvalue weighted by molar-refractivity contribution is 7.48. The highest BCUT2D eigenvalue weighted by atomic mass is 31.1. The van der Waals surface area contributed by atoms with E-state index in [1.54, 1.807) is 7.11 Å². The molecule has 31 heavy (non-hydrogen) atoms. The predicted octanol–water partition coefficient (Wildman–Crippen LogP) is 6.26. The minimum atomic E-state index is -0.0911. The first-order chi connectivity index (χ1) is 15.0. The molecule has 0 saturated heterocycles. The summed E-state index contributed by atoms with van der Waals surface area (Å²) in [4.78, 5) is 4.28. The second-order valence-corrected chi connectivity index (χ2v) is 9.82. The standard InChI is InChI=1S/C27H32NO2P/c1-6-27(3,31-26-15-12-20(2)16-22(26)18-28-4)24-17-23(29-5)13-14-25(24)30-19-21-10-8-7-9-11-21/h7-18,31H,6,19H2,1-5H3. The zero-order chi connectivity index (χ0) is 22.3. The van der Waals surface area contributed by atoms with Gasteiger partial charge in [0.1, 0.15) is 18.1 Å². The topological polar surface area (TPSA) is 30.8 Å². The molecule has 0 saturated carbocycles. The molecular formula is C27H32NO2P. The number of methoxy groups -OCH3 is 1. The van der Waals surface area contributed by atoms with E-state index in [2.05, 4.69) is 62.2 Å². The maximum absolute atomic E-state index is 6.33. The second-order valence-electron chi connectivity index (χ2n) is 7.93. The molecule has 0 heterocycles. The van der Waals surface area contributed by atoms with Gasteiger partial charge in [-0.3, -0.25) is 4.99 Å². The van der Waals surface area contributed by atoms with Gasteiger partial charge >= 0.3 is 0 Å². The van der Waals surface area contributed by atoms with E-state index in [1.807, 2.05) is 43.6 Å². The summed E-state index contributed by atoms with van der Waals surface area (Å²) in [6.45, 7) is 7.23. The summed E-state index contributed by atoms with van der Waals surface area (Å²) < 4.78 is 11.9. The van der Waals surface area contributed by atoms with Crippen molar-refractivity contribution in [3.63, 3.8) is 0 Å². The molecule has 2 atom stereocenters. The Morgan fingerprint density at radius 2 is 1.81 bits per heavy atom. The number of nitrogens with zero attached hydrogens (tertiary/aromatic N) is 1. The van der Waals surface area contributed by atoms with E-state index < -0.39 is 0 Å². The van der Waals surface area contributed by atoms with Crippen molar-refractivity contribution in [2.24, 2.45) is 4.99 Å². The highest BCUT2D eigenvalue weighted by Crippen LogP contribution is 2.48. The predicted molar refractivity (Wildman–Crippen MR) is 134 cm³/mol. The van der Waals surface area contributed by atoms with Gasteiger partial charge in [0.25, 0.3) is 0 Å². The fraction of sp³-hybridized carbons (Fsp3) is 0.296. The molecule has 0 aromatic heterocycles. The Morgan fingerprint density at radius 1 is 1.03 bits per heavy atom. The zero-order valence-electron chi connectivity index (χ0n) is 19.1. The van der Waals surface area contributed by atoms with Crippen molar-refractivity contribution in [2.75, 3.05) is 14.2 Å². The summed E-state index contributed by atoms with van der Waals surface area (Å²) in [6.07, 6.45) is 2.95. The van der Waals surface area contributed by atoms with E-state index in [0.29, 0.717) is 15.2 Å². The van der Waals surface area contributed by atoms with Crippen LogP contribution in [-0.4, -0.2) is 20.4 Å². The third-order valence-corrected chi connectivity index (χ3v) is 7.51. The Hall–Kier alpha value is -2.64. The number of rotatable bonds is 9. The minimum absolute atomic E-state index is 0.0911. The lowest BCUT2D eigenvalue weighted by atomic mass is 9.96. The van der Waals surface area contributed by atoms with Crippen LogP contribution in [0.4, 0.5) is 0 Å². The molecule has 2 unspecified atom stereocenters. The first-order valence-electron chi connectivity index (χ1n) is 10.7. The molecular weight excluding hydrogens is 401 g/mol. The molecule has 3 rings (SSSR count). The number of benzene rings is 3. The molecule has 0 amide bonds. The molecule has 0 aliphatic rings. The number of aliphatic imine (C=N–C) groups is 1. The smallest absolute Gasteiger partial charge is 0.124 e. The average Bonchev–Trinajstić information content (AvgIpc) is 2.80. The van der Waals surface area contributed by atoms with Gasteiger partial charge in [-0.15, -0.1) is 0 Å². The molecule has 0 bridgehead atoms. The van der Waals surface area contributed by atoms with Crippen LogP contribution in [0.2, 0.25) is 0 Å². The zero-order valence-corrected chi connectivity index (χ0v) is 20.1. The van der Waals surface area contributed by atoms with Gasteiger partial charge in [-0.25, -0.2) is 0 Å². The Morgan fingerprint density at radius 3 is 2.48 bits per heavy atom. The van der Waals surface area contributed by atoms with Crippen LogP contribution in [0.5, 0.6) is 11.5 Å². The molecule has 162 valence electrons. The van der Waals surface area contributed by atoms with Gasteiger partial charge in [0.2, 0.25) is 0 Å². The largest absolute Gasteiger partial charge is 0.497 e. The maximum Gasteiger partial charge on any atom is 0.124 e. The lowest BCUT2D eigenvalue weighted by Crippen LogP contribution is -2.21. The van der Waals surface area contributed by atoms with E-state index >= 15 is 0 Å². The van der Waals surface area contributed by atoms with Crippen molar-refractivity contribution in [3.8, 4) is 11.5 Å². The monoisotopic (exact) mass is 433 g/mol. The number of ether oxygens (including phenoxy) is 2. The lowest BCUT2D eigenvalue weighted by Gasteiger charge is -2.32. The number of hydrogen-bond donors (Lipinski definition) is 0. The molecule has 0 aliphatic carbocycles. The van der Waals surface area contributed by atoms with Gasteiger partial charge in [0.05, 0.1) is 7.11 Å². The molecule has 0 fully saturated rings. The van der Waals surface area contributed by atoms with Crippen LogP contribution in [0.1, 0.15) is 42.5 Å². The van der Waals surface area contributed by atoms with Gasteiger partial charge in [0, 0.05) is 24.0 Å². The quantitative estimate of drug-likeness (QED) is 0.295. The molecule has 3 aromatic rings. The Labute approximate surface area is 188 Å². The third kappa shape index (κ3) is 5.74. The summed E-state index contributed by atoms with van der Waals surface area (Å²) in [5.74, 6) is 1.77. The third-order valence-electron chi connectivity index (χ3n) is 5.61. The first-order valence-corrected chi connectivity index (χ1v) is 11.7. The summed E-state index contributed by atoms with van der Waals surface area (Å²) in [6, 6.07) is 23.1. The van der Waals surface area contributed by atoms with Crippen LogP contribution in [0.25, 0.3) is 0 Å². The molecule has 0 spiro atoms. The second kappa shape index (κ2) is 10.6. The van der Waals surface area contributed by atoms with Crippen molar-refractivity contribution in [2.45, 2.75) is 39.0 Å². The fourth-order valence-electron chi connectivity index (χ4n) is 3.61. The van der Waals surface area contributed by atoms with Crippen LogP contribution >= 0.6 is 8.58 Å². The average molecular weight is 434 g/mol. The lowest BCUT2D eigenvalue weighted by molar-refractivity contribution is 0.299. The summed E-state index contributed by atoms with van der Waals surface area (Å²) >= 11 is 0. The van der Waals surface area contributed by atoms with Crippen molar-refractivity contribution < 1.29 is 9.47 Å². The van der Waals surface area contributed by atoms with Crippen molar-refractivity contribution in [1.29, 1.82) is 0 Å². The molecule has 3 aromatic carbocycles. The molecule has 0 radical (unpaired) electrons. The molecule has 0 N–H and O–H groups in total. The fourth-order valence-corrected chi connectivity index (χ4v) is 5.16. The van der Waals surface area contributed by atoms with Gasteiger partial charge in [-0.05, 0) is 54.0 Å². The summed E-state index contributed by atoms with van der Waals surface area (Å²) in [7, 11) is 4.11. The van der Waals surface area contributed by atoms with Crippen molar-refractivity contribution >= 4 is 20.1 Å². The molecule has 3 nitrogen and oxygen atoms in total. The minimum Gasteiger partial charge on any atom is -0.497 e. The number of hydrogen-bond acceptors (Lipinski definition) is 3. The van der Waals surface area contributed by atoms with E-state index in [9.17, 15) is 0 Å². The van der Waals surface area contributed by atoms with Crippen LogP contribution in [-0.2, 0) is 11.8 Å². The van der Waals surface area contributed by atoms with Crippen LogP contribution < -0.4 is 14.8 Å². The summed E-state index contributed by atoms with van der Waals surface area (Å²) in [5, 5.41) is 1.23. The Kier molecular flexibility index (Phi) is 7.87. The highest BCUT2D eigenvalue weighted by Gasteiger charge is 2.30. The van der Waals surface area contributed by atoms with Gasteiger partial charge in [-0.1, -0.05) is 70.5 Å². The van der Waals surface area contributed by atoms with E-state index in [1.165, 1.54) is 22.0 Å². The molecule has 4 heteroatoms. The Balaban J connectivity index is 1.99. The first kappa shape index (κ1) is 23.0. The van der Waals surface area contributed by atoms with E-state index in [0.717, 1.165) is 23.5 Å². The van der Waals surface area contributed by atoms with E-state index in [4.69, 9.17) is 9.47 Å². The van der Waals surface area contributed by atoms with Gasteiger partial charge in [0.15, 0.2) is 0 Å². The van der Waals surface area contributed by atoms with Crippen molar-refractivity contribution in [1.82, 2.24) is 0 Å². The van der Waals surface area contributed by atoms with Crippen molar-refractivity contribution in [3.05, 3.63) is 89.0 Å².